The average molecular weight is 171 g/mol. The molecule has 0 saturated heterocycles. The van der Waals surface area contributed by atoms with Crippen LogP contribution in [0.15, 0.2) is 18.2 Å². The maximum atomic E-state index is 3.12. The maximum Gasteiger partial charge on any atom is 2.00 e. The molecule has 0 unspecified atom stereocenters. The Balaban J connectivity index is 0.000000605. The molecule has 0 heterocycles. The van der Waals surface area contributed by atoms with Gasteiger partial charge in [-0.25, -0.2) is 0 Å². The van der Waals surface area contributed by atoms with Crippen LogP contribution in [-0.2, 0) is 12.8 Å². The first kappa shape index (κ1) is 12.0. The van der Waals surface area contributed by atoms with Crippen LogP contribution in [0.1, 0.15) is 24.0 Å². The molecule has 0 amide bonds. The van der Waals surface area contributed by atoms with Crippen LogP contribution >= 0.6 is 0 Å². The van der Waals surface area contributed by atoms with Gasteiger partial charge in [-0.15, -0.1) is 0 Å². The summed E-state index contributed by atoms with van der Waals surface area (Å²) in [7, 11) is 0. The van der Waals surface area contributed by atoms with Gasteiger partial charge in [0.2, 0.25) is 0 Å². The second-order valence-electron chi connectivity index (χ2n) is 2.90. The molecule has 0 aliphatic heterocycles. The van der Waals surface area contributed by atoms with Crippen LogP contribution in [0.5, 0.6) is 0 Å². The van der Waals surface area contributed by atoms with Gasteiger partial charge in [0.05, 0.1) is 0 Å². The van der Waals surface area contributed by atoms with E-state index in [1.165, 1.54) is 31.2 Å². The summed E-state index contributed by atoms with van der Waals surface area (Å²) >= 11 is 0. The maximum absolute atomic E-state index is 3.12. The van der Waals surface area contributed by atoms with Gasteiger partial charge in [0.15, 0.2) is 0 Å². The zero-order chi connectivity index (χ0) is 6.81. The third-order valence-electron chi connectivity index (χ3n) is 2.19. The van der Waals surface area contributed by atoms with E-state index in [2.05, 4.69) is 18.2 Å². The van der Waals surface area contributed by atoms with E-state index in [-0.39, 0.29) is 30.5 Å². The summed E-state index contributed by atoms with van der Waals surface area (Å²) in [5.74, 6) is 0. The Morgan fingerprint density at radius 2 is 1.75 bits per heavy atom. The number of rotatable bonds is 0. The first-order valence-electron chi connectivity index (χ1n) is 3.95. The van der Waals surface area contributed by atoms with Crippen molar-refractivity contribution in [3.05, 3.63) is 42.8 Å². The van der Waals surface area contributed by atoms with Gasteiger partial charge in [-0.1, -0.05) is 25.7 Å². The molecule has 0 aromatic heterocycles. The van der Waals surface area contributed by atoms with E-state index >= 15 is 0 Å². The molecular formula is C11H14Mg. The van der Waals surface area contributed by atoms with Crippen LogP contribution < -0.4 is 0 Å². The SMILES string of the molecule is [CH3-].[Mg+2].[c-]1ccc2c(c1)CCCC2. The van der Waals surface area contributed by atoms with Gasteiger partial charge in [-0.05, 0) is 0 Å². The molecule has 1 aliphatic carbocycles. The monoisotopic (exact) mass is 170 g/mol. The molecule has 1 aromatic rings. The van der Waals surface area contributed by atoms with Gasteiger partial charge in [0.25, 0.3) is 0 Å². The summed E-state index contributed by atoms with van der Waals surface area (Å²) in [6.07, 6.45) is 5.29. The number of aryl methyl sites for hydroxylation is 2. The first-order chi connectivity index (χ1) is 4.97. The van der Waals surface area contributed by atoms with Crippen molar-refractivity contribution in [3.8, 4) is 0 Å². The molecule has 1 aliphatic rings. The summed E-state index contributed by atoms with van der Waals surface area (Å²) in [6.45, 7) is 0. The molecule has 12 heavy (non-hydrogen) atoms. The fourth-order valence-electron chi connectivity index (χ4n) is 1.60. The van der Waals surface area contributed by atoms with Gasteiger partial charge < -0.3 is 7.43 Å². The number of hydrogen-bond acceptors (Lipinski definition) is 0. The Hall–Kier alpha value is -0.0138. The topological polar surface area (TPSA) is 0 Å². The Morgan fingerprint density at radius 3 is 2.42 bits per heavy atom. The van der Waals surface area contributed by atoms with E-state index < -0.39 is 0 Å². The number of hydrogen-bond donors (Lipinski definition) is 0. The number of fused-ring (bicyclic) bond motifs is 1. The third-order valence-corrected chi connectivity index (χ3v) is 2.19. The average Bonchev–Trinajstić information content (AvgIpc) is 2.05. The van der Waals surface area contributed by atoms with Crippen molar-refractivity contribution in [2.45, 2.75) is 25.7 Å². The van der Waals surface area contributed by atoms with Gasteiger partial charge in [-0.2, -0.15) is 35.4 Å². The fraction of sp³-hybridized carbons (Fsp3) is 0.364. The van der Waals surface area contributed by atoms with Gasteiger partial charge >= 0.3 is 23.1 Å². The van der Waals surface area contributed by atoms with Gasteiger partial charge in [-0.3, -0.25) is 0 Å². The summed E-state index contributed by atoms with van der Waals surface area (Å²) in [5, 5.41) is 0. The van der Waals surface area contributed by atoms with Crippen LogP contribution in [-0.4, -0.2) is 23.1 Å². The molecule has 0 atom stereocenters. The molecule has 0 N–H and O–H groups in total. The van der Waals surface area contributed by atoms with Crippen molar-refractivity contribution in [2.24, 2.45) is 0 Å². The summed E-state index contributed by atoms with van der Waals surface area (Å²) in [4.78, 5) is 0. The largest absolute Gasteiger partial charge is 2.00 e. The smallest absolute Gasteiger partial charge is 0.358 e. The molecule has 1 heteroatoms. The standard InChI is InChI=1S/C10H11.CH3.Mg/c1-2-6-10-8-4-3-7-9(10)5-1;;/h1,5-6H,3-4,7-8H2;1H3;/q2*-1;+2. The van der Waals surface area contributed by atoms with Crippen molar-refractivity contribution in [1.82, 2.24) is 0 Å². The Bertz CT molecular complexity index is 205. The van der Waals surface area contributed by atoms with Crippen molar-refractivity contribution < 1.29 is 0 Å². The molecule has 60 valence electrons. The van der Waals surface area contributed by atoms with Crippen LogP contribution in [0, 0.1) is 13.5 Å². The quantitative estimate of drug-likeness (QED) is 0.414. The Labute approximate surface area is 91.5 Å². The molecule has 0 radical (unpaired) electrons. The summed E-state index contributed by atoms with van der Waals surface area (Å²) in [6, 6.07) is 9.47. The van der Waals surface area contributed by atoms with E-state index in [1.807, 2.05) is 6.07 Å². The minimum absolute atomic E-state index is 0. The van der Waals surface area contributed by atoms with E-state index in [1.54, 1.807) is 5.56 Å². The third kappa shape index (κ3) is 2.49. The summed E-state index contributed by atoms with van der Waals surface area (Å²) < 4.78 is 0. The molecule has 0 bridgehead atoms. The minimum atomic E-state index is 0. The van der Waals surface area contributed by atoms with E-state index in [4.69, 9.17) is 0 Å². The predicted molar refractivity (Wildman–Crippen MR) is 54.1 cm³/mol. The molecule has 1 aromatic carbocycles. The molecule has 0 nitrogen and oxygen atoms in total. The molecule has 2 rings (SSSR count). The van der Waals surface area contributed by atoms with Crippen molar-refractivity contribution in [2.75, 3.05) is 0 Å². The van der Waals surface area contributed by atoms with E-state index in [9.17, 15) is 0 Å². The van der Waals surface area contributed by atoms with Crippen LogP contribution in [0.2, 0.25) is 0 Å². The molecule has 0 saturated carbocycles. The van der Waals surface area contributed by atoms with Crippen molar-refractivity contribution in [1.29, 1.82) is 0 Å². The minimum Gasteiger partial charge on any atom is -0.358 e. The van der Waals surface area contributed by atoms with Crippen molar-refractivity contribution in [3.63, 3.8) is 0 Å². The Morgan fingerprint density at radius 1 is 1.08 bits per heavy atom. The first-order valence-corrected chi connectivity index (χ1v) is 3.95. The second-order valence-corrected chi connectivity index (χ2v) is 2.90. The zero-order valence-corrected chi connectivity index (χ0v) is 9.18. The van der Waals surface area contributed by atoms with Crippen LogP contribution in [0.3, 0.4) is 0 Å². The summed E-state index contributed by atoms with van der Waals surface area (Å²) in [5.41, 5.74) is 3.07. The zero-order valence-electron chi connectivity index (χ0n) is 7.77. The Kier molecular flexibility index (Phi) is 5.59. The second kappa shape index (κ2) is 5.60. The normalized spacial score (nSPS) is 13.7. The number of benzene rings is 1. The fourth-order valence-corrected chi connectivity index (χ4v) is 1.60. The van der Waals surface area contributed by atoms with Gasteiger partial charge in [0, 0.05) is 0 Å². The predicted octanol–water partition coefficient (Wildman–Crippen LogP) is 2.44. The van der Waals surface area contributed by atoms with Gasteiger partial charge in [0.1, 0.15) is 0 Å². The van der Waals surface area contributed by atoms with Crippen LogP contribution in [0.4, 0.5) is 0 Å². The molecular weight excluding hydrogens is 156 g/mol. The van der Waals surface area contributed by atoms with Crippen LogP contribution in [0.25, 0.3) is 0 Å². The molecule has 0 fully saturated rings. The van der Waals surface area contributed by atoms with E-state index in [0.717, 1.165) is 0 Å². The van der Waals surface area contributed by atoms with Crippen molar-refractivity contribution >= 4 is 23.1 Å². The van der Waals surface area contributed by atoms with E-state index in [0.29, 0.717) is 0 Å². The molecule has 0 spiro atoms.